The van der Waals surface area contributed by atoms with Crippen LogP contribution in [0.4, 0.5) is 4.39 Å². The summed E-state index contributed by atoms with van der Waals surface area (Å²) in [4.78, 5) is 0.0353. The standard InChI is InChI=1S/C12H17FN2O2S/c1-9(2)8-15(3)18(16,17)11-4-5-12(13)10(6-11)7-14/h4-6H,1,7-8,14H2,2-3H3. The molecule has 0 bridgehead atoms. The van der Waals surface area contributed by atoms with E-state index in [1.165, 1.54) is 23.5 Å². The third-order valence-electron chi connectivity index (χ3n) is 2.44. The lowest BCUT2D eigenvalue weighted by atomic mass is 10.2. The molecule has 100 valence electrons. The van der Waals surface area contributed by atoms with Crippen molar-refractivity contribution in [3.63, 3.8) is 0 Å². The lowest BCUT2D eigenvalue weighted by Crippen LogP contribution is -2.28. The van der Waals surface area contributed by atoms with Crippen LogP contribution in [0.15, 0.2) is 35.2 Å². The van der Waals surface area contributed by atoms with Gasteiger partial charge in [-0.3, -0.25) is 0 Å². The second-order valence-electron chi connectivity index (χ2n) is 4.18. The van der Waals surface area contributed by atoms with E-state index >= 15 is 0 Å². The molecule has 0 aliphatic rings. The Hall–Kier alpha value is -1.24. The highest BCUT2D eigenvalue weighted by Gasteiger charge is 2.21. The number of nitrogens with zero attached hydrogens (tertiary/aromatic N) is 1. The molecule has 2 N–H and O–H groups in total. The summed E-state index contributed by atoms with van der Waals surface area (Å²) in [5.41, 5.74) is 6.26. The van der Waals surface area contributed by atoms with Crippen molar-refractivity contribution in [2.45, 2.75) is 18.4 Å². The number of sulfonamides is 1. The molecule has 1 aromatic carbocycles. The van der Waals surface area contributed by atoms with Crippen LogP contribution in [-0.2, 0) is 16.6 Å². The number of hydrogen-bond acceptors (Lipinski definition) is 3. The molecule has 18 heavy (non-hydrogen) atoms. The summed E-state index contributed by atoms with van der Waals surface area (Å²) in [5.74, 6) is -0.501. The maximum absolute atomic E-state index is 13.3. The Morgan fingerprint density at radius 1 is 1.50 bits per heavy atom. The fourth-order valence-electron chi connectivity index (χ4n) is 1.51. The van der Waals surface area contributed by atoms with E-state index in [9.17, 15) is 12.8 Å². The van der Waals surface area contributed by atoms with Gasteiger partial charge in [0.25, 0.3) is 0 Å². The highest BCUT2D eigenvalue weighted by molar-refractivity contribution is 7.89. The summed E-state index contributed by atoms with van der Waals surface area (Å²) in [6, 6.07) is 3.61. The van der Waals surface area contributed by atoms with Crippen LogP contribution in [0.3, 0.4) is 0 Å². The van der Waals surface area contributed by atoms with Gasteiger partial charge < -0.3 is 5.73 Å². The van der Waals surface area contributed by atoms with Crippen molar-refractivity contribution in [2.75, 3.05) is 13.6 Å². The van der Waals surface area contributed by atoms with Gasteiger partial charge in [0.15, 0.2) is 0 Å². The van der Waals surface area contributed by atoms with Crippen molar-refractivity contribution in [3.8, 4) is 0 Å². The van der Waals surface area contributed by atoms with Crippen LogP contribution in [-0.4, -0.2) is 26.3 Å². The van der Waals surface area contributed by atoms with E-state index in [4.69, 9.17) is 5.73 Å². The van der Waals surface area contributed by atoms with E-state index in [1.807, 2.05) is 0 Å². The van der Waals surface area contributed by atoms with Crippen molar-refractivity contribution in [1.82, 2.24) is 4.31 Å². The molecule has 4 nitrogen and oxygen atoms in total. The van der Waals surface area contributed by atoms with Crippen LogP contribution in [0.2, 0.25) is 0 Å². The lowest BCUT2D eigenvalue weighted by molar-refractivity contribution is 0.492. The van der Waals surface area contributed by atoms with Crippen LogP contribution >= 0.6 is 0 Å². The molecule has 1 aromatic rings. The Labute approximate surface area is 107 Å². The van der Waals surface area contributed by atoms with E-state index in [-0.39, 0.29) is 23.5 Å². The molecule has 0 saturated heterocycles. The zero-order valence-corrected chi connectivity index (χ0v) is 11.3. The average molecular weight is 272 g/mol. The molecule has 1 rings (SSSR count). The predicted octanol–water partition coefficient (Wildman–Crippen LogP) is 1.48. The fourth-order valence-corrected chi connectivity index (χ4v) is 2.79. The second kappa shape index (κ2) is 5.60. The van der Waals surface area contributed by atoms with E-state index in [0.717, 1.165) is 11.6 Å². The van der Waals surface area contributed by atoms with Crippen molar-refractivity contribution < 1.29 is 12.8 Å². The van der Waals surface area contributed by atoms with E-state index in [1.54, 1.807) is 6.92 Å². The van der Waals surface area contributed by atoms with Gasteiger partial charge in [-0.05, 0) is 25.1 Å². The fraction of sp³-hybridized carbons (Fsp3) is 0.333. The van der Waals surface area contributed by atoms with Crippen molar-refractivity contribution >= 4 is 10.0 Å². The van der Waals surface area contributed by atoms with Gasteiger partial charge in [0.05, 0.1) is 4.90 Å². The van der Waals surface area contributed by atoms with Gasteiger partial charge in [-0.15, -0.1) is 0 Å². The number of likely N-dealkylation sites (N-methyl/N-ethyl adjacent to an activating group) is 1. The SMILES string of the molecule is C=C(C)CN(C)S(=O)(=O)c1ccc(F)c(CN)c1. The van der Waals surface area contributed by atoms with Gasteiger partial charge in [-0.25, -0.2) is 12.8 Å². The first kappa shape index (κ1) is 14.8. The first-order valence-corrected chi connectivity index (χ1v) is 6.82. The van der Waals surface area contributed by atoms with Gasteiger partial charge in [-0.1, -0.05) is 12.2 Å². The quantitative estimate of drug-likeness (QED) is 0.826. The molecule has 0 heterocycles. The smallest absolute Gasteiger partial charge is 0.243 e. The number of hydrogen-bond donors (Lipinski definition) is 1. The Morgan fingerprint density at radius 2 is 2.11 bits per heavy atom. The maximum Gasteiger partial charge on any atom is 0.243 e. The minimum absolute atomic E-state index is 0.0353. The summed E-state index contributed by atoms with van der Waals surface area (Å²) in [6.07, 6.45) is 0. The van der Waals surface area contributed by atoms with Gasteiger partial charge in [0, 0.05) is 25.7 Å². The van der Waals surface area contributed by atoms with Gasteiger partial charge >= 0.3 is 0 Å². The molecule has 0 saturated carbocycles. The molecule has 0 aromatic heterocycles. The topological polar surface area (TPSA) is 63.4 Å². The Morgan fingerprint density at radius 3 is 2.61 bits per heavy atom. The normalized spacial score (nSPS) is 11.8. The Bertz CT molecular complexity index is 555. The molecule has 0 radical (unpaired) electrons. The lowest BCUT2D eigenvalue weighted by Gasteiger charge is -2.17. The molecular weight excluding hydrogens is 255 g/mol. The molecule has 0 unspecified atom stereocenters. The highest BCUT2D eigenvalue weighted by atomic mass is 32.2. The first-order chi connectivity index (χ1) is 8.28. The number of nitrogens with two attached hydrogens (primary N) is 1. The number of rotatable bonds is 5. The molecule has 0 fully saturated rings. The summed E-state index contributed by atoms with van der Waals surface area (Å²) < 4.78 is 38.8. The monoisotopic (exact) mass is 272 g/mol. The number of benzene rings is 1. The molecule has 0 aliphatic carbocycles. The highest BCUT2D eigenvalue weighted by Crippen LogP contribution is 2.18. The average Bonchev–Trinajstić information content (AvgIpc) is 2.28. The van der Waals surface area contributed by atoms with Crippen LogP contribution in [0.1, 0.15) is 12.5 Å². The van der Waals surface area contributed by atoms with Gasteiger partial charge in [-0.2, -0.15) is 4.31 Å². The van der Waals surface area contributed by atoms with E-state index in [2.05, 4.69) is 6.58 Å². The summed E-state index contributed by atoms with van der Waals surface area (Å²) in [5, 5.41) is 0. The Balaban J connectivity index is 3.16. The second-order valence-corrected chi connectivity index (χ2v) is 6.22. The zero-order chi connectivity index (χ0) is 13.9. The van der Waals surface area contributed by atoms with Crippen molar-refractivity contribution in [3.05, 3.63) is 41.7 Å². The van der Waals surface area contributed by atoms with Crippen LogP contribution in [0, 0.1) is 5.82 Å². The Kier molecular flexibility index (Phi) is 4.61. The molecule has 0 aliphatic heterocycles. The molecule has 0 spiro atoms. The van der Waals surface area contributed by atoms with Crippen molar-refractivity contribution in [1.29, 1.82) is 0 Å². The van der Waals surface area contributed by atoms with E-state index < -0.39 is 15.8 Å². The minimum atomic E-state index is -3.63. The summed E-state index contributed by atoms with van der Waals surface area (Å²) in [7, 11) is -2.18. The molecule has 6 heteroatoms. The van der Waals surface area contributed by atoms with Crippen LogP contribution in [0.25, 0.3) is 0 Å². The molecule has 0 atom stereocenters. The molecular formula is C12H17FN2O2S. The predicted molar refractivity (Wildman–Crippen MR) is 68.9 cm³/mol. The van der Waals surface area contributed by atoms with Crippen molar-refractivity contribution in [2.24, 2.45) is 5.73 Å². The van der Waals surface area contributed by atoms with Crippen LogP contribution in [0.5, 0.6) is 0 Å². The van der Waals surface area contributed by atoms with Crippen LogP contribution < -0.4 is 5.73 Å². The van der Waals surface area contributed by atoms with Gasteiger partial charge in [0.2, 0.25) is 10.0 Å². The number of halogens is 1. The summed E-state index contributed by atoms with van der Waals surface area (Å²) in [6.45, 7) is 5.58. The maximum atomic E-state index is 13.3. The zero-order valence-electron chi connectivity index (χ0n) is 10.5. The van der Waals surface area contributed by atoms with E-state index in [0.29, 0.717) is 0 Å². The van der Waals surface area contributed by atoms with Gasteiger partial charge in [0.1, 0.15) is 5.82 Å². The third-order valence-corrected chi connectivity index (χ3v) is 4.24. The minimum Gasteiger partial charge on any atom is -0.326 e. The first-order valence-electron chi connectivity index (χ1n) is 5.38. The molecule has 0 amide bonds. The largest absolute Gasteiger partial charge is 0.326 e. The third kappa shape index (κ3) is 3.16. The summed E-state index contributed by atoms with van der Waals surface area (Å²) >= 11 is 0.